The van der Waals surface area contributed by atoms with Gasteiger partial charge in [-0.3, -0.25) is 4.79 Å². The fourth-order valence-electron chi connectivity index (χ4n) is 1.22. The highest BCUT2D eigenvalue weighted by molar-refractivity contribution is 5.93. The molecule has 0 aromatic heterocycles. The number of guanidine groups is 1. The molecule has 0 aliphatic rings. The van der Waals surface area contributed by atoms with Gasteiger partial charge >= 0.3 is 6.36 Å². The van der Waals surface area contributed by atoms with Crippen molar-refractivity contribution in [1.82, 2.24) is 4.90 Å². The molecule has 0 saturated carbocycles. The summed E-state index contributed by atoms with van der Waals surface area (Å²) in [6.07, 6.45) is -4.73. The number of carbonyl (C=O) groups excluding carboxylic acids is 1. The molecular formula is C12H15F3N4O2. The molecule has 6 nitrogen and oxygen atoms in total. The van der Waals surface area contributed by atoms with Crippen LogP contribution >= 0.6 is 0 Å². The Labute approximate surface area is 119 Å². The second-order valence-electron chi connectivity index (χ2n) is 4.19. The molecule has 0 heterocycles. The SMILES string of the molecule is CN(C)C(=O)CN=C(N)Nc1ccc(OC(F)(F)F)cc1. The van der Waals surface area contributed by atoms with Gasteiger partial charge in [-0.05, 0) is 24.3 Å². The van der Waals surface area contributed by atoms with Crippen LogP contribution in [0.5, 0.6) is 5.75 Å². The van der Waals surface area contributed by atoms with Crippen LogP contribution in [-0.4, -0.2) is 43.8 Å². The number of carbonyl (C=O) groups is 1. The number of nitrogens with two attached hydrogens (primary N) is 1. The summed E-state index contributed by atoms with van der Waals surface area (Å²) in [4.78, 5) is 16.5. The van der Waals surface area contributed by atoms with Gasteiger partial charge in [0.25, 0.3) is 0 Å². The summed E-state index contributed by atoms with van der Waals surface area (Å²) in [5.74, 6) is -0.588. The maximum absolute atomic E-state index is 12.0. The van der Waals surface area contributed by atoms with Gasteiger partial charge in [-0.25, -0.2) is 4.99 Å². The van der Waals surface area contributed by atoms with Crippen molar-refractivity contribution < 1.29 is 22.7 Å². The summed E-state index contributed by atoms with van der Waals surface area (Å²) in [7, 11) is 3.17. The molecule has 0 unspecified atom stereocenters. The number of nitrogens with one attached hydrogen (secondary N) is 1. The second-order valence-corrected chi connectivity index (χ2v) is 4.19. The van der Waals surface area contributed by atoms with E-state index >= 15 is 0 Å². The molecule has 0 radical (unpaired) electrons. The number of benzene rings is 1. The van der Waals surface area contributed by atoms with Crippen LogP contribution in [0.15, 0.2) is 29.3 Å². The monoisotopic (exact) mass is 304 g/mol. The molecule has 1 rings (SSSR count). The minimum absolute atomic E-state index is 0.0188. The first kappa shape index (κ1) is 16.6. The smallest absolute Gasteiger partial charge is 0.406 e. The molecule has 0 aliphatic carbocycles. The summed E-state index contributed by atoms with van der Waals surface area (Å²) in [5.41, 5.74) is 5.97. The molecule has 0 spiro atoms. The van der Waals surface area contributed by atoms with Gasteiger partial charge in [-0.2, -0.15) is 0 Å². The number of rotatable bonds is 4. The quantitative estimate of drug-likeness (QED) is 0.651. The summed E-state index contributed by atoms with van der Waals surface area (Å²) < 4.78 is 39.7. The van der Waals surface area contributed by atoms with Crippen LogP contribution < -0.4 is 15.8 Å². The Balaban J connectivity index is 2.59. The molecule has 9 heteroatoms. The van der Waals surface area contributed by atoms with Crippen molar-refractivity contribution in [2.45, 2.75) is 6.36 Å². The van der Waals surface area contributed by atoms with Crippen molar-refractivity contribution in [1.29, 1.82) is 0 Å². The van der Waals surface area contributed by atoms with Crippen molar-refractivity contribution in [3.8, 4) is 5.75 Å². The van der Waals surface area contributed by atoms with Gasteiger partial charge in [0.2, 0.25) is 5.91 Å². The number of halogens is 3. The summed E-state index contributed by atoms with van der Waals surface area (Å²) in [6, 6.07) is 4.95. The third kappa shape index (κ3) is 6.50. The first-order valence-corrected chi connectivity index (χ1v) is 5.80. The van der Waals surface area contributed by atoms with Crippen molar-refractivity contribution in [3.05, 3.63) is 24.3 Å². The van der Waals surface area contributed by atoms with E-state index in [1.165, 1.54) is 17.0 Å². The number of alkyl halides is 3. The van der Waals surface area contributed by atoms with Crippen LogP contribution in [-0.2, 0) is 4.79 Å². The van der Waals surface area contributed by atoms with Gasteiger partial charge in [0, 0.05) is 19.8 Å². The summed E-state index contributed by atoms with van der Waals surface area (Å²) in [6.45, 7) is -0.124. The third-order valence-electron chi connectivity index (χ3n) is 2.24. The first-order chi connectivity index (χ1) is 9.67. The Morgan fingerprint density at radius 3 is 2.38 bits per heavy atom. The Morgan fingerprint density at radius 2 is 1.90 bits per heavy atom. The van der Waals surface area contributed by atoms with E-state index < -0.39 is 6.36 Å². The fourth-order valence-corrected chi connectivity index (χ4v) is 1.22. The number of aliphatic imine (C=N–C) groups is 1. The number of nitrogens with zero attached hydrogens (tertiary/aromatic N) is 2. The van der Waals surface area contributed by atoms with Crippen LogP contribution in [0.3, 0.4) is 0 Å². The van der Waals surface area contributed by atoms with Crippen molar-refractivity contribution >= 4 is 17.6 Å². The third-order valence-corrected chi connectivity index (χ3v) is 2.24. The lowest BCUT2D eigenvalue weighted by molar-refractivity contribution is -0.274. The fraction of sp³-hybridized carbons (Fsp3) is 0.333. The Kier molecular flexibility index (Phi) is 5.39. The van der Waals surface area contributed by atoms with Gasteiger partial charge in [-0.1, -0.05) is 0 Å². The topological polar surface area (TPSA) is 80.0 Å². The highest BCUT2D eigenvalue weighted by Gasteiger charge is 2.30. The number of anilines is 1. The standard InChI is InChI=1S/C12H15F3N4O2/c1-19(2)10(20)7-17-11(16)18-8-3-5-9(6-4-8)21-12(13,14)15/h3-6H,7H2,1-2H3,(H3,16,17,18). The summed E-state index contributed by atoms with van der Waals surface area (Å²) >= 11 is 0. The molecule has 1 amide bonds. The van der Waals surface area contributed by atoms with Crippen LogP contribution in [0.1, 0.15) is 0 Å². The molecule has 0 saturated heterocycles. The number of likely N-dealkylation sites (N-methyl/N-ethyl adjacent to an activating group) is 1. The minimum atomic E-state index is -4.73. The van der Waals surface area contributed by atoms with Gasteiger partial charge in [0.1, 0.15) is 12.3 Å². The number of hydrogen-bond donors (Lipinski definition) is 2. The van der Waals surface area contributed by atoms with E-state index in [4.69, 9.17) is 5.73 Å². The van der Waals surface area contributed by atoms with Gasteiger partial charge in [-0.15, -0.1) is 13.2 Å². The summed E-state index contributed by atoms with van der Waals surface area (Å²) in [5, 5.41) is 2.65. The van der Waals surface area contributed by atoms with Gasteiger partial charge < -0.3 is 20.7 Å². The highest BCUT2D eigenvalue weighted by atomic mass is 19.4. The molecule has 116 valence electrons. The molecule has 1 aromatic rings. The average Bonchev–Trinajstić information content (AvgIpc) is 2.36. The average molecular weight is 304 g/mol. The van der Waals surface area contributed by atoms with Crippen LogP contribution in [0.4, 0.5) is 18.9 Å². The zero-order valence-electron chi connectivity index (χ0n) is 11.4. The Bertz CT molecular complexity index is 512. The zero-order valence-corrected chi connectivity index (χ0v) is 11.4. The first-order valence-electron chi connectivity index (χ1n) is 5.80. The Morgan fingerprint density at radius 1 is 1.33 bits per heavy atom. The second kappa shape index (κ2) is 6.82. The van der Waals surface area contributed by atoms with E-state index in [1.807, 2.05) is 0 Å². The predicted octanol–water partition coefficient (Wildman–Crippen LogP) is 1.40. The van der Waals surface area contributed by atoms with Crippen molar-refractivity contribution in [2.24, 2.45) is 10.7 Å². The molecule has 21 heavy (non-hydrogen) atoms. The highest BCUT2D eigenvalue weighted by Crippen LogP contribution is 2.23. The van der Waals surface area contributed by atoms with Crippen molar-refractivity contribution in [3.63, 3.8) is 0 Å². The normalized spacial score (nSPS) is 12.0. The maximum Gasteiger partial charge on any atom is 0.573 e. The zero-order chi connectivity index (χ0) is 16.0. The van der Waals surface area contributed by atoms with E-state index in [0.29, 0.717) is 5.69 Å². The van der Waals surface area contributed by atoms with Gasteiger partial charge in [0.05, 0.1) is 0 Å². The van der Waals surface area contributed by atoms with E-state index in [-0.39, 0.29) is 24.2 Å². The lowest BCUT2D eigenvalue weighted by Crippen LogP contribution is -2.28. The van der Waals surface area contributed by atoms with Crippen LogP contribution in [0.2, 0.25) is 0 Å². The molecular weight excluding hydrogens is 289 g/mol. The molecule has 0 atom stereocenters. The predicted molar refractivity (Wildman–Crippen MR) is 71.9 cm³/mol. The number of hydrogen-bond acceptors (Lipinski definition) is 3. The van der Waals surface area contributed by atoms with Crippen LogP contribution in [0, 0.1) is 0 Å². The molecule has 3 N–H and O–H groups in total. The molecule has 0 bridgehead atoms. The van der Waals surface area contributed by atoms with E-state index in [9.17, 15) is 18.0 Å². The van der Waals surface area contributed by atoms with E-state index in [0.717, 1.165) is 12.1 Å². The number of ether oxygens (including phenoxy) is 1. The lowest BCUT2D eigenvalue weighted by Gasteiger charge is -2.11. The molecule has 1 aromatic carbocycles. The molecule has 0 fully saturated rings. The molecule has 0 aliphatic heterocycles. The van der Waals surface area contributed by atoms with Crippen molar-refractivity contribution in [2.75, 3.05) is 26.0 Å². The lowest BCUT2D eigenvalue weighted by atomic mass is 10.3. The minimum Gasteiger partial charge on any atom is -0.406 e. The Hall–Kier alpha value is -2.45. The largest absolute Gasteiger partial charge is 0.573 e. The number of amides is 1. The van der Waals surface area contributed by atoms with E-state index in [2.05, 4.69) is 15.0 Å². The van der Waals surface area contributed by atoms with Crippen LogP contribution in [0.25, 0.3) is 0 Å². The van der Waals surface area contributed by atoms with Gasteiger partial charge in [0.15, 0.2) is 5.96 Å². The maximum atomic E-state index is 12.0. The van der Waals surface area contributed by atoms with E-state index in [1.54, 1.807) is 14.1 Å².